The van der Waals surface area contributed by atoms with E-state index in [0.29, 0.717) is 18.9 Å². The zero-order valence-corrected chi connectivity index (χ0v) is 11.5. The van der Waals surface area contributed by atoms with Crippen LogP contribution in [0, 0.1) is 5.92 Å². The molecule has 0 aromatic rings. The minimum absolute atomic E-state index is 0.0907. The van der Waals surface area contributed by atoms with Crippen molar-refractivity contribution in [2.75, 3.05) is 6.54 Å². The van der Waals surface area contributed by atoms with Gasteiger partial charge in [0.05, 0.1) is 0 Å². The van der Waals surface area contributed by atoms with Crippen LogP contribution in [-0.2, 0) is 0 Å². The Morgan fingerprint density at radius 1 is 1.28 bits per heavy atom. The van der Waals surface area contributed by atoms with Crippen LogP contribution in [0.1, 0.15) is 46.5 Å². The number of nitrogens with zero attached hydrogens (tertiary/aromatic N) is 1. The van der Waals surface area contributed by atoms with Crippen molar-refractivity contribution < 1.29 is 13.2 Å². The predicted octanol–water partition coefficient (Wildman–Crippen LogP) is 3.17. The van der Waals surface area contributed by atoms with Crippen molar-refractivity contribution in [3.63, 3.8) is 0 Å². The van der Waals surface area contributed by atoms with Crippen LogP contribution in [0.15, 0.2) is 0 Å². The van der Waals surface area contributed by atoms with Crippen LogP contribution < -0.4 is 5.73 Å². The van der Waals surface area contributed by atoms with Crippen LogP contribution in [0.4, 0.5) is 13.2 Å². The van der Waals surface area contributed by atoms with Crippen LogP contribution in [-0.4, -0.2) is 35.7 Å². The molecule has 1 aliphatic rings. The number of hydrogen-bond donors (Lipinski definition) is 1. The van der Waals surface area contributed by atoms with Gasteiger partial charge in [0.25, 0.3) is 0 Å². The van der Waals surface area contributed by atoms with E-state index in [1.165, 1.54) is 0 Å². The largest absolute Gasteiger partial charge is 0.405 e. The highest BCUT2D eigenvalue weighted by atomic mass is 19.4. The molecule has 108 valence electrons. The molecule has 0 bridgehead atoms. The van der Waals surface area contributed by atoms with Crippen LogP contribution in [0.5, 0.6) is 0 Å². The first-order chi connectivity index (χ1) is 8.27. The maximum atomic E-state index is 13.2. The average molecular weight is 266 g/mol. The molecule has 0 amide bonds. The molecule has 0 radical (unpaired) electrons. The van der Waals surface area contributed by atoms with Gasteiger partial charge in [-0.1, -0.05) is 20.8 Å². The van der Waals surface area contributed by atoms with Crippen molar-refractivity contribution in [1.29, 1.82) is 0 Å². The molecule has 18 heavy (non-hydrogen) atoms. The average Bonchev–Trinajstić information content (AvgIpc) is 3.04. The summed E-state index contributed by atoms with van der Waals surface area (Å²) in [6.07, 6.45) is -1.33. The lowest BCUT2D eigenvalue weighted by Crippen LogP contribution is -2.57. The molecular weight excluding hydrogens is 241 g/mol. The lowest BCUT2D eigenvalue weighted by molar-refractivity contribution is -0.191. The van der Waals surface area contributed by atoms with E-state index in [1.54, 1.807) is 11.8 Å². The Bertz CT molecular complexity index is 249. The van der Waals surface area contributed by atoms with Gasteiger partial charge in [0.15, 0.2) is 0 Å². The third-order valence-corrected chi connectivity index (χ3v) is 3.55. The lowest BCUT2D eigenvalue weighted by atomic mass is 10.0. The van der Waals surface area contributed by atoms with Gasteiger partial charge in [-0.2, -0.15) is 13.2 Å². The monoisotopic (exact) mass is 266 g/mol. The smallest absolute Gasteiger partial charge is 0.326 e. The summed E-state index contributed by atoms with van der Waals surface area (Å²) < 4.78 is 39.6. The summed E-state index contributed by atoms with van der Waals surface area (Å²) in [5.41, 5.74) is 5.71. The molecule has 0 heterocycles. The number of rotatable bonds is 7. The van der Waals surface area contributed by atoms with Crippen LogP contribution in [0.2, 0.25) is 0 Å². The Kier molecular flexibility index (Phi) is 5.46. The highest BCUT2D eigenvalue weighted by Crippen LogP contribution is 2.36. The van der Waals surface area contributed by atoms with Crippen molar-refractivity contribution in [2.45, 2.75) is 70.8 Å². The third kappa shape index (κ3) is 4.43. The zero-order chi connectivity index (χ0) is 13.9. The third-order valence-electron chi connectivity index (χ3n) is 3.55. The van der Waals surface area contributed by atoms with Gasteiger partial charge >= 0.3 is 6.18 Å². The first kappa shape index (κ1) is 15.8. The topological polar surface area (TPSA) is 29.3 Å². The van der Waals surface area contributed by atoms with E-state index in [9.17, 15) is 13.2 Å². The molecule has 0 aromatic heterocycles. The van der Waals surface area contributed by atoms with Crippen molar-refractivity contribution in [1.82, 2.24) is 4.90 Å². The van der Waals surface area contributed by atoms with Crippen molar-refractivity contribution >= 4 is 0 Å². The van der Waals surface area contributed by atoms with E-state index < -0.39 is 18.3 Å². The highest BCUT2D eigenvalue weighted by Gasteiger charge is 2.50. The van der Waals surface area contributed by atoms with Crippen molar-refractivity contribution in [2.24, 2.45) is 11.7 Å². The molecule has 1 aliphatic carbocycles. The fraction of sp³-hybridized carbons (Fsp3) is 1.00. The molecule has 2 unspecified atom stereocenters. The molecule has 0 spiro atoms. The maximum Gasteiger partial charge on any atom is 0.405 e. The Morgan fingerprint density at radius 2 is 1.83 bits per heavy atom. The Labute approximate surface area is 108 Å². The number of alkyl halides is 3. The molecule has 0 aliphatic heterocycles. The van der Waals surface area contributed by atoms with Gasteiger partial charge in [0, 0.05) is 12.1 Å². The standard InChI is InChI=1S/C13H25F3N2/c1-4-11(17)12(13(14,15)16)18(10-5-6-10)8-7-9(2)3/h9-12H,4-8,17H2,1-3H3. The first-order valence-electron chi connectivity index (χ1n) is 6.85. The quantitative estimate of drug-likeness (QED) is 0.767. The Morgan fingerprint density at radius 3 is 2.17 bits per heavy atom. The van der Waals surface area contributed by atoms with E-state index in [0.717, 1.165) is 19.3 Å². The van der Waals surface area contributed by atoms with E-state index in [2.05, 4.69) is 0 Å². The van der Waals surface area contributed by atoms with Gasteiger partial charge < -0.3 is 5.73 Å². The molecule has 2 nitrogen and oxygen atoms in total. The fourth-order valence-corrected chi connectivity index (χ4v) is 2.26. The summed E-state index contributed by atoms with van der Waals surface area (Å²) in [6, 6.07) is -2.21. The number of nitrogens with two attached hydrogens (primary N) is 1. The van der Waals surface area contributed by atoms with E-state index in [-0.39, 0.29) is 6.04 Å². The summed E-state index contributed by atoms with van der Waals surface area (Å²) in [7, 11) is 0. The molecule has 1 fully saturated rings. The van der Waals surface area contributed by atoms with Gasteiger partial charge in [0.1, 0.15) is 6.04 Å². The summed E-state index contributed by atoms with van der Waals surface area (Å²) in [6.45, 7) is 6.29. The van der Waals surface area contributed by atoms with E-state index >= 15 is 0 Å². The fourth-order valence-electron chi connectivity index (χ4n) is 2.26. The molecule has 5 heteroatoms. The van der Waals surface area contributed by atoms with Crippen molar-refractivity contribution in [3.05, 3.63) is 0 Å². The number of hydrogen-bond acceptors (Lipinski definition) is 2. The van der Waals surface area contributed by atoms with Gasteiger partial charge in [-0.05, 0) is 38.1 Å². The molecule has 1 rings (SSSR count). The second-order valence-electron chi connectivity index (χ2n) is 5.71. The minimum atomic E-state index is -4.23. The van der Waals surface area contributed by atoms with Gasteiger partial charge in [0.2, 0.25) is 0 Å². The maximum absolute atomic E-state index is 13.2. The molecule has 1 saturated carbocycles. The summed E-state index contributed by atoms with van der Waals surface area (Å²) in [5, 5.41) is 0. The van der Waals surface area contributed by atoms with E-state index in [1.807, 2.05) is 13.8 Å². The number of halogens is 3. The van der Waals surface area contributed by atoms with Crippen LogP contribution in [0.25, 0.3) is 0 Å². The first-order valence-corrected chi connectivity index (χ1v) is 6.85. The normalized spacial score (nSPS) is 20.5. The molecule has 2 atom stereocenters. The van der Waals surface area contributed by atoms with Crippen LogP contribution >= 0.6 is 0 Å². The van der Waals surface area contributed by atoms with Crippen LogP contribution in [0.3, 0.4) is 0 Å². The SMILES string of the molecule is CCC(N)C(N(CCC(C)C)C1CC1)C(F)(F)F. The molecule has 0 saturated heterocycles. The second-order valence-corrected chi connectivity index (χ2v) is 5.71. The summed E-state index contributed by atoms with van der Waals surface area (Å²) in [4.78, 5) is 1.61. The summed E-state index contributed by atoms with van der Waals surface area (Å²) in [5.74, 6) is 0.415. The second kappa shape index (κ2) is 6.24. The van der Waals surface area contributed by atoms with E-state index in [4.69, 9.17) is 5.73 Å². The molecule has 2 N–H and O–H groups in total. The highest BCUT2D eigenvalue weighted by molar-refractivity contribution is 4.95. The van der Waals surface area contributed by atoms with Crippen molar-refractivity contribution in [3.8, 4) is 0 Å². The lowest BCUT2D eigenvalue weighted by Gasteiger charge is -2.37. The van der Waals surface area contributed by atoms with Gasteiger partial charge in [-0.3, -0.25) is 4.90 Å². The summed E-state index contributed by atoms with van der Waals surface area (Å²) >= 11 is 0. The Hall–Kier alpha value is -0.290. The molecular formula is C13H25F3N2. The van der Waals surface area contributed by atoms with Gasteiger partial charge in [-0.15, -0.1) is 0 Å². The Balaban J connectivity index is 2.77. The predicted molar refractivity (Wildman–Crippen MR) is 67.3 cm³/mol. The molecule has 0 aromatic carbocycles. The zero-order valence-electron chi connectivity index (χ0n) is 11.5. The van der Waals surface area contributed by atoms with Gasteiger partial charge in [-0.25, -0.2) is 0 Å². The minimum Gasteiger partial charge on any atom is -0.326 e.